The molecule has 0 aromatic carbocycles. The van der Waals surface area contributed by atoms with Crippen molar-refractivity contribution in [2.24, 2.45) is 5.92 Å². The van der Waals surface area contributed by atoms with Crippen LogP contribution < -0.4 is 5.32 Å². The van der Waals surface area contributed by atoms with Gasteiger partial charge in [0.15, 0.2) is 0 Å². The molecule has 2 nitrogen and oxygen atoms in total. The molecule has 1 N–H and O–H groups in total. The summed E-state index contributed by atoms with van der Waals surface area (Å²) in [5, 5.41) is 3.38. The Bertz CT molecular complexity index is 233. The lowest BCUT2D eigenvalue weighted by Crippen LogP contribution is -2.23. The summed E-state index contributed by atoms with van der Waals surface area (Å²) in [4.78, 5) is 4.22. The van der Waals surface area contributed by atoms with Crippen LogP contribution in [0.15, 0.2) is 24.4 Å². The minimum absolute atomic E-state index is 0.486. The molecule has 0 spiro atoms. The molecule has 2 unspecified atom stereocenters. The molecule has 0 bridgehead atoms. The van der Waals surface area contributed by atoms with Crippen molar-refractivity contribution in [2.75, 3.05) is 5.32 Å². The minimum atomic E-state index is 0.486. The third-order valence-corrected chi connectivity index (χ3v) is 2.54. The minimum Gasteiger partial charge on any atom is -0.367 e. The molecule has 1 aromatic rings. The van der Waals surface area contributed by atoms with Gasteiger partial charge in [-0.15, -0.1) is 0 Å². The zero-order valence-corrected chi connectivity index (χ0v) is 8.62. The van der Waals surface area contributed by atoms with Crippen molar-refractivity contribution in [1.82, 2.24) is 4.98 Å². The maximum absolute atomic E-state index is 4.22. The van der Waals surface area contributed by atoms with Crippen LogP contribution in [0.4, 0.5) is 5.82 Å². The van der Waals surface area contributed by atoms with Crippen molar-refractivity contribution in [3.63, 3.8) is 0 Å². The van der Waals surface area contributed by atoms with E-state index in [9.17, 15) is 0 Å². The molecule has 0 aliphatic carbocycles. The van der Waals surface area contributed by atoms with Gasteiger partial charge in [0.2, 0.25) is 0 Å². The summed E-state index contributed by atoms with van der Waals surface area (Å²) in [6.45, 7) is 6.66. The van der Waals surface area contributed by atoms with Crippen LogP contribution in [-0.2, 0) is 0 Å². The van der Waals surface area contributed by atoms with E-state index >= 15 is 0 Å². The zero-order chi connectivity index (χ0) is 9.68. The molecule has 0 saturated carbocycles. The van der Waals surface area contributed by atoms with Crippen molar-refractivity contribution < 1.29 is 0 Å². The van der Waals surface area contributed by atoms with E-state index in [0.29, 0.717) is 12.0 Å². The molecule has 0 amide bonds. The van der Waals surface area contributed by atoms with Gasteiger partial charge in [0.1, 0.15) is 5.82 Å². The average molecular weight is 178 g/mol. The molecule has 0 radical (unpaired) electrons. The normalized spacial score (nSPS) is 15.0. The van der Waals surface area contributed by atoms with Crippen molar-refractivity contribution >= 4 is 5.82 Å². The van der Waals surface area contributed by atoms with E-state index in [2.05, 4.69) is 31.1 Å². The third kappa shape index (κ3) is 3.05. The van der Waals surface area contributed by atoms with Gasteiger partial charge in [-0.1, -0.05) is 26.3 Å². The fraction of sp³-hybridized carbons (Fsp3) is 0.545. The Morgan fingerprint density at radius 1 is 1.38 bits per heavy atom. The first-order valence-corrected chi connectivity index (χ1v) is 4.91. The molecular weight excluding hydrogens is 160 g/mol. The number of hydrogen-bond donors (Lipinski definition) is 1. The van der Waals surface area contributed by atoms with Gasteiger partial charge in [0.05, 0.1) is 0 Å². The zero-order valence-electron chi connectivity index (χ0n) is 8.62. The van der Waals surface area contributed by atoms with Crippen LogP contribution >= 0.6 is 0 Å². The SMILES string of the molecule is CCC(C)C(C)Nc1ccccn1. The number of nitrogens with zero attached hydrogens (tertiary/aromatic N) is 1. The Morgan fingerprint density at radius 2 is 2.15 bits per heavy atom. The first-order valence-electron chi connectivity index (χ1n) is 4.91. The lowest BCUT2D eigenvalue weighted by molar-refractivity contribution is 0.493. The highest BCUT2D eigenvalue weighted by Gasteiger charge is 2.09. The predicted molar refractivity (Wildman–Crippen MR) is 56.8 cm³/mol. The molecule has 13 heavy (non-hydrogen) atoms. The van der Waals surface area contributed by atoms with Gasteiger partial charge < -0.3 is 5.32 Å². The molecule has 0 aliphatic heterocycles. The summed E-state index contributed by atoms with van der Waals surface area (Å²) in [7, 11) is 0. The van der Waals surface area contributed by atoms with E-state index in [1.165, 1.54) is 6.42 Å². The monoisotopic (exact) mass is 178 g/mol. The highest BCUT2D eigenvalue weighted by molar-refractivity contribution is 5.34. The second kappa shape index (κ2) is 4.85. The number of pyridine rings is 1. The van der Waals surface area contributed by atoms with E-state index in [1.54, 1.807) is 0 Å². The molecule has 0 fully saturated rings. The van der Waals surface area contributed by atoms with Crippen LogP contribution in [0.3, 0.4) is 0 Å². The molecule has 0 saturated heterocycles. The quantitative estimate of drug-likeness (QED) is 0.766. The topological polar surface area (TPSA) is 24.9 Å². The molecule has 1 heterocycles. The number of nitrogens with one attached hydrogen (secondary N) is 1. The Labute approximate surface area is 80.4 Å². The summed E-state index contributed by atoms with van der Waals surface area (Å²) in [6, 6.07) is 6.41. The summed E-state index contributed by atoms with van der Waals surface area (Å²) in [6.07, 6.45) is 3.01. The van der Waals surface area contributed by atoms with Crippen LogP contribution in [0, 0.1) is 5.92 Å². The van der Waals surface area contributed by atoms with Gasteiger partial charge >= 0.3 is 0 Å². The Kier molecular flexibility index (Phi) is 3.74. The van der Waals surface area contributed by atoms with Crippen LogP contribution in [0.1, 0.15) is 27.2 Å². The van der Waals surface area contributed by atoms with Crippen molar-refractivity contribution in [3.8, 4) is 0 Å². The number of anilines is 1. The molecule has 1 aromatic heterocycles. The lowest BCUT2D eigenvalue weighted by Gasteiger charge is -2.20. The van der Waals surface area contributed by atoms with Gasteiger partial charge in [-0.3, -0.25) is 0 Å². The highest BCUT2D eigenvalue weighted by atomic mass is 15.0. The maximum Gasteiger partial charge on any atom is 0.126 e. The number of aromatic nitrogens is 1. The van der Waals surface area contributed by atoms with E-state index < -0.39 is 0 Å². The Morgan fingerprint density at radius 3 is 2.69 bits per heavy atom. The lowest BCUT2D eigenvalue weighted by atomic mass is 10.0. The Balaban J connectivity index is 2.50. The summed E-state index contributed by atoms with van der Waals surface area (Å²) in [5.74, 6) is 1.65. The predicted octanol–water partition coefficient (Wildman–Crippen LogP) is 2.93. The number of rotatable bonds is 4. The van der Waals surface area contributed by atoms with E-state index in [1.807, 2.05) is 24.4 Å². The van der Waals surface area contributed by atoms with Gasteiger partial charge in [-0.25, -0.2) is 4.98 Å². The number of hydrogen-bond acceptors (Lipinski definition) is 2. The van der Waals surface area contributed by atoms with Crippen LogP contribution in [0.5, 0.6) is 0 Å². The van der Waals surface area contributed by atoms with Crippen molar-refractivity contribution in [1.29, 1.82) is 0 Å². The third-order valence-electron chi connectivity index (χ3n) is 2.54. The Hall–Kier alpha value is -1.05. The first kappa shape index (κ1) is 10.0. The fourth-order valence-electron chi connectivity index (χ4n) is 1.18. The van der Waals surface area contributed by atoms with Gasteiger partial charge in [0, 0.05) is 12.2 Å². The van der Waals surface area contributed by atoms with Crippen molar-refractivity contribution in [3.05, 3.63) is 24.4 Å². The van der Waals surface area contributed by atoms with Crippen molar-refractivity contribution in [2.45, 2.75) is 33.2 Å². The molecule has 1 rings (SSSR count). The van der Waals surface area contributed by atoms with E-state index in [0.717, 1.165) is 5.82 Å². The van der Waals surface area contributed by atoms with Crippen LogP contribution in [-0.4, -0.2) is 11.0 Å². The smallest absolute Gasteiger partial charge is 0.126 e. The standard InChI is InChI=1S/C11H18N2/c1-4-9(2)10(3)13-11-7-5-6-8-12-11/h5-10H,4H2,1-3H3,(H,12,13). The van der Waals surface area contributed by atoms with Crippen LogP contribution in [0.25, 0.3) is 0 Å². The van der Waals surface area contributed by atoms with Gasteiger partial charge in [0.25, 0.3) is 0 Å². The molecule has 2 atom stereocenters. The summed E-state index contributed by atoms with van der Waals surface area (Å²) < 4.78 is 0. The molecule has 0 aliphatic rings. The summed E-state index contributed by atoms with van der Waals surface area (Å²) >= 11 is 0. The average Bonchev–Trinajstić information content (AvgIpc) is 2.18. The molecule has 72 valence electrons. The maximum atomic E-state index is 4.22. The van der Waals surface area contributed by atoms with Gasteiger partial charge in [-0.2, -0.15) is 0 Å². The van der Waals surface area contributed by atoms with Gasteiger partial charge in [-0.05, 0) is 25.0 Å². The second-order valence-electron chi connectivity index (χ2n) is 3.53. The van der Waals surface area contributed by atoms with E-state index in [4.69, 9.17) is 0 Å². The molecular formula is C11H18N2. The fourth-order valence-corrected chi connectivity index (χ4v) is 1.18. The molecule has 2 heteroatoms. The second-order valence-corrected chi connectivity index (χ2v) is 3.53. The highest BCUT2D eigenvalue weighted by Crippen LogP contribution is 2.11. The van der Waals surface area contributed by atoms with Crippen LogP contribution in [0.2, 0.25) is 0 Å². The first-order chi connectivity index (χ1) is 6.24. The van der Waals surface area contributed by atoms with E-state index in [-0.39, 0.29) is 0 Å². The summed E-state index contributed by atoms with van der Waals surface area (Å²) in [5.41, 5.74) is 0. The largest absolute Gasteiger partial charge is 0.367 e.